The molecule has 0 unspecified atom stereocenters. The van der Waals surface area contributed by atoms with Gasteiger partial charge in [-0.05, 0) is 36.4 Å². The first-order valence-electron chi connectivity index (χ1n) is 8.44. The van der Waals surface area contributed by atoms with E-state index >= 15 is 0 Å². The van der Waals surface area contributed by atoms with E-state index in [0.717, 1.165) is 16.1 Å². The van der Waals surface area contributed by atoms with Gasteiger partial charge < -0.3 is 5.32 Å². The number of nitrogens with zero attached hydrogens (tertiary/aromatic N) is 2. The minimum absolute atomic E-state index is 0.00855. The van der Waals surface area contributed by atoms with E-state index in [0.29, 0.717) is 16.4 Å². The van der Waals surface area contributed by atoms with E-state index in [4.69, 9.17) is 11.6 Å². The summed E-state index contributed by atoms with van der Waals surface area (Å²) in [6.45, 7) is 0.0276. The number of nitrogens with one attached hydrogen (secondary N) is 1. The van der Waals surface area contributed by atoms with Crippen LogP contribution < -0.4 is 5.32 Å². The van der Waals surface area contributed by atoms with Crippen molar-refractivity contribution in [1.82, 2.24) is 9.97 Å². The van der Waals surface area contributed by atoms with E-state index in [9.17, 15) is 8.78 Å². The van der Waals surface area contributed by atoms with Gasteiger partial charge in [-0.3, -0.25) is 4.98 Å². The summed E-state index contributed by atoms with van der Waals surface area (Å²) >= 11 is 7.90. The number of pyridine rings is 1. The van der Waals surface area contributed by atoms with Crippen LogP contribution >= 0.6 is 22.9 Å². The Kier molecular flexibility index (Phi) is 5.32. The summed E-state index contributed by atoms with van der Waals surface area (Å²) in [5, 5.41) is 6.39. The molecule has 0 bridgehead atoms. The van der Waals surface area contributed by atoms with Gasteiger partial charge in [0.2, 0.25) is 0 Å². The standard InChI is InChI=1S/C21H14ClF2N3S/c22-17-6-4-13(21-25-8-9-28-21)10-15(17)20-7-5-14(11-27-20)26-12-16-18(23)2-1-3-19(16)24/h1-11,26H,12H2. The Labute approximate surface area is 169 Å². The highest BCUT2D eigenvalue weighted by molar-refractivity contribution is 7.13. The number of thiazole rings is 1. The molecule has 0 aliphatic carbocycles. The lowest BCUT2D eigenvalue weighted by Gasteiger charge is -2.10. The van der Waals surface area contributed by atoms with Crippen LogP contribution in [0.2, 0.25) is 5.02 Å². The Morgan fingerprint density at radius 2 is 1.82 bits per heavy atom. The van der Waals surface area contributed by atoms with Crippen LogP contribution in [-0.4, -0.2) is 9.97 Å². The second-order valence-corrected chi connectivity index (χ2v) is 7.32. The van der Waals surface area contributed by atoms with E-state index in [2.05, 4.69) is 15.3 Å². The van der Waals surface area contributed by atoms with Crippen molar-refractivity contribution in [2.75, 3.05) is 5.32 Å². The molecule has 0 radical (unpaired) electrons. The summed E-state index contributed by atoms with van der Waals surface area (Å²) in [6.07, 6.45) is 3.37. The minimum Gasteiger partial charge on any atom is -0.379 e. The topological polar surface area (TPSA) is 37.8 Å². The zero-order chi connectivity index (χ0) is 19.5. The predicted molar refractivity (Wildman–Crippen MR) is 109 cm³/mol. The second kappa shape index (κ2) is 8.04. The number of halogens is 3. The number of rotatable bonds is 5. The van der Waals surface area contributed by atoms with Crippen molar-refractivity contribution in [3.63, 3.8) is 0 Å². The number of hydrogen-bond donors (Lipinski definition) is 1. The predicted octanol–water partition coefficient (Wildman–Crippen LogP) is 6.42. The monoisotopic (exact) mass is 413 g/mol. The van der Waals surface area contributed by atoms with Crippen LogP contribution in [0.3, 0.4) is 0 Å². The summed E-state index contributed by atoms with van der Waals surface area (Å²) in [5.74, 6) is -1.16. The summed E-state index contributed by atoms with van der Waals surface area (Å²) in [7, 11) is 0. The van der Waals surface area contributed by atoms with Crippen LogP contribution in [0.1, 0.15) is 5.56 Å². The Morgan fingerprint density at radius 1 is 1.00 bits per heavy atom. The molecule has 2 heterocycles. The Hall–Kier alpha value is -2.83. The Morgan fingerprint density at radius 3 is 2.50 bits per heavy atom. The quantitative estimate of drug-likeness (QED) is 0.410. The van der Waals surface area contributed by atoms with Crippen molar-refractivity contribution >= 4 is 28.6 Å². The summed E-state index contributed by atoms with van der Waals surface area (Å²) in [5.41, 5.74) is 3.10. The minimum atomic E-state index is -0.581. The molecule has 0 saturated heterocycles. The van der Waals surface area contributed by atoms with Crippen molar-refractivity contribution in [2.24, 2.45) is 0 Å². The molecule has 0 amide bonds. The third kappa shape index (κ3) is 3.88. The van der Waals surface area contributed by atoms with E-state index in [1.807, 2.05) is 29.6 Å². The number of hydrogen-bond acceptors (Lipinski definition) is 4. The lowest BCUT2D eigenvalue weighted by molar-refractivity contribution is 0.560. The van der Waals surface area contributed by atoms with Crippen molar-refractivity contribution in [2.45, 2.75) is 6.54 Å². The van der Waals surface area contributed by atoms with Crippen LogP contribution in [0.4, 0.5) is 14.5 Å². The molecule has 7 heteroatoms. The van der Waals surface area contributed by atoms with E-state index in [-0.39, 0.29) is 12.1 Å². The molecule has 0 aliphatic heterocycles. The largest absolute Gasteiger partial charge is 0.379 e. The van der Waals surface area contributed by atoms with Crippen LogP contribution in [0, 0.1) is 11.6 Å². The van der Waals surface area contributed by atoms with Crippen molar-refractivity contribution in [3.8, 4) is 21.8 Å². The molecule has 0 aliphatic rings. The zero-order valence-corrected chi connectivity index (χ0v) is 16.1. The second-order valence-electron chi connectivity index (χ2n) is 6.02. The maximum absolute atomic E-state index is 13.7. The first kappa shape index (κ1) is 18.5. The van der Waals surface area contributed by atoms with Gasteiger partial charge in [0, 0.05) is 34.8 Å². The third-order valence-electron chi connectivity index (χ3n) is 4.22. The SMILES string of the molecule is Fc1cccc(F)c1CNc1ccc(-c2cc(-c3nccs3)ccc2Cl)nc1. The molecular formula is C21H14ClF2N3S. The Balaban J connectivity index is 1.54. The van der Waals surface area contributed by atoms with E-state index in [1.54, 1.807) is 29.8 Å². The summed E-state index contributed by atoms with van der Waals surface area (Å²) in [4.78, 5) is 8.75. The van der Waals surface area contributed by atoms with Crippen LogP contribution in [0.25, 0.3) is 21.8 Å². The normalized spacial score (nSPS) is 10.8. The molecule has 4 aromatic rings. The number of aromatic nitrogens is 2. The molecule has 0 atom stereocenters. The Bertz CT molecular complexity index is 1080. The smallest absolute Gasteiger partial charge is 0.131 e. The lowest BCUT2D eigenvalue weighted by Crippen LogP contribution is -2.04. The van der Waals surface area contributed by atoms with Crippen LogP contribution in [0.5, 0.6) is 0 Å². The fourth-order valence-corrected chi connectivity index (χ4v) is 3.62. The maximum Gasteiger partial charge on any atom is 0.131 e. The van der Waals surface area contributed by atoms with Gasteiger partial charge in [0.25, 0.3) is 0 Å². The van der Waals surface area contributed by atoms with Gasteiger partial charge in [-0.25, -0.2) is 13.8 Å². The van der Waals surface area contributed by atoms with Crippen LogP contribution in [-0.2, 0) is 6.54 Å². The van der Waals surface area contributed by atoms with Crippen molar-refractivity contribution in [3.05, 3.63) is 88.5 Å². The fraction of sp³-hybridized carbons (Fsp3) is 0.0476. The molecule has 1 N–H and O–H groups in total. The summed E-state index contributed by atoms with van der Waals surface area (Å²) in [6, 6.07) is 13.1. The molecule has 2 aromatic carbocycles. The average Bonchev–Trinajstić information content (AvgIpc) is 3.23. The molecule has 0 fully saturated rings. The first-order valence-corrected chi connectivity index (χ1v) is 9.70. The van der Waals surface area contributed by atoms with Gasteiger partial charge in [-0.1, -0.05) is 23.7 Å². The molecule has 140 valence electrons. The van der Waals surface area contributed by atoms with Crippen molar-refractivity contribution < 1.29 is 8.78 Å². The van der Waals surface area contributed by atoms with E-state index in [1.165, 1.54) is 18.2 Å². The maximum atomic E-state index is 13.7. The zero-order valence-electron chi connectivity index (χ0n) is 14.5. The molecular weight excluding hydrogens is 400 g/mol. The van der Waals surface area contributed by atoms with Gasteiger partial charge in [-0.15, -0.1) is 11.3 Å². The van der Waals surface area contributed by atoms with Gasteiger partial charge in [0.1, 0.15) is 16.6 Å². The fourth-order valence-electron chi connectivity index (χ4n) is 2.77. The van der Waals surface area contributed by atoms with Gasteiger partial charge >= 0.3 is 0 Å². The molecule has 3 nitrogen and oxygen atoms in total. The highest BCUT2D eigenvalue weighted by Gasteiger charge is 2.10. The van der Waals surface area contributed by atoms with Gasteiger partial charge in [0.05, 0.1) is 22.6 Å². The average molecular weight is 414 g/mol. The summed E-state index contributed by atoms with van der Waals surface area (Å²) < 4.78 is 27.4. The molecule has 0 saturated carbocycles. The van der Waals surface area contributed by atoms with Crippen molar-refractivity contribution in [1.29, 1.82) is 0 Å². The van der Waals surface area contributed by atoms with Gasteiger partial charge in [0.15, 0.2) is 0 Å². The molecule has 2 aromatic heterocycles. The number of benzene rings is 2. The number of anilines is 1. The van der Waals surface area contributed by atoms with Crippen LogP contribution in [0.15, 0.2) is 66.3 Å². The highest BCUT2D eigenvalue weighted by Crippen LogP contribution is 2.32. The first-order chi connectivity index (χ1) is 13.6. The molecule has 0 spiro atoms. The molecule has 28 heavy (non-hydrogen) atoms. The lowest BCUT2D eigenvalue weighted by atomic mass is 10.1. The van der Waals surface area contributed by atoms with Gasteiger partial charge in [-0.2, -0.15) is 0 Å². The highest BCUT2D eigenvalue weighted by atomic mass is 35.5. The van der Waals surface area contributed by atoms with E-state index < -0.39 is 11.6 Å². The molecule has 4 rings (SSSR count). The third-order valence-corrected chi connectivity index (χ3v) is 5.37.